The van der Waals surface area contributed by atoms with Crippen LogP contribution in [0, 0.1) is 0 Å². The molecule has 1 aliphatic heterocycles. The molecule has 0 amide bonds. The van der Waals surface area contributed by atoms with Crippen molar-refractivity contribution >= 4 is 11.8 Å². The van der Waals surface area contributed by atoms with Gasteiger partial charge in [-0.05, 0) is 19.1 Å². The molecular weight excluding hydrogens is 132 g/mol. The van der Waals surface area contributed by atoms with E-state index < -0.39 is 0 Å². The van der Waals surface area contributed by atoms with E-state index >= 15 is 0 Å². The number of hydrogen-bond acceptors (Lipinski definition) is 2. The third-order valence-electron chi connectivity index (χ3n) is 1.47. The van der Waals surface area contributed by atoms with Crippen molar-refractivity contribution in [2.24, 2.45) is 0 Å². The first-order valence-electron chi connectivity index (χ1n) is 3.57. The van der Waals surface area contributed by atoms with E-state index in [9.17, 15) is 0 Å². The number of thioether (sulfide) groups is 1. The van der Waals surface area contributed by atoms with Gasteiger partial charge < -0.3 is 4.74 Å². The molecule has 1 nitrogen and oxygen atoms in total. The molecule has 0 aromatic carbocycles. The van der Waals surface area contributed by atoms with Crippen molar-refractivity contribution in [2.45, 2.75) is 32.5 Å². The smallest absolute Gasteiger partial charge is 0.0929 e. The molecule has 1 fully saturated rings. The fraction of sp³-hybridized carbons (Fsp3) is 1.00. The topological polar surface area (TPSA) is 12.5 Å². The SMILES string of the molecule is CCCSCC1OC1C. The van der Waals surface area contributed by atoms with E-state index in [4.69, 9.17) is 4.74 Å². The Bertz CT molecular complexity index is 85.0. The number of ether oxygens (including phenoxy) is 1. The van der Waals surface area contributed by atoms with Gasteiger partial charge in [0.2, 0.25) is 0 Å². The van der Waals surface area contributed by atoms with Crippen LogP contribution in [0.15, 0.2) is 0 Å². The first kappa shape index (κ1) is 7.42. The largest absolute Gasteiger partial charge is 0.369 e. The lowest BCUT2D eigenvalue weighted by atomic mass is 10.4. The lowest BCUT2D eigenvalue weighted by Crippen LogP contribution is -1.93. The van der Waals surface area contributed by atoms with Gasteiger partial charge in [-0.25, -0.2) is 0 Å². The van der Waals surface area contributed by atoms with Crippen molar-refractivity contribution in [3.63, 3.8) is 0 Å². The predicted octanol–water partition coefficient (Wildman–Crippen LogP) is 1.92. The van der Waals surface area contributed by atoms with E-state index in [1.807, 2.05) is 11.8 Å². The molecule has 2 unspecified atom stereocenters. The van der Waals surface area contributed by atoms with Crippen molar-refractivity contribution in [3.8, 4) is 0 Å². The Balaban J connectivity index is 1.83. The Morgan fingerprint density at radius 1 is 1.56 bits per heavy atom. The molecule has 9 heavy (non-hydrogen) atoms. The molecule has 0 saturated carbocycles. The summed E-state index contributed by atoms with van der Waals surface area (Å²) in [6.07, 6.45) is 2.42. The summed E-state index contributed by atoms with van der Waals surface area (Å²) >= 11 is 2.00. The molecule has 0 aliphatic carbocycles. The van der Waals surface area contributed by atoms with Gasteiger partial charge in [-0.15, -0.1) is 0 Å². The van der Waals surface area contributed by atoms with Crippen molar-refractivity contribution in [3.05, 3.63) is 0 Å². The first-order chi connectivity index (χ1) is 4.34. The predicted molar refractivity (Wildman–Crippen MR) is 42.0 cm³/mol. The highest BCUT2D eigenvalue weighted by Crippen LogP contribution is 2.24. The van der Waals surface area contributed by atoms with E-state index in [2.05, 4.69) is 13.8 Å². The van der Waals surface area contributed by atoms with Crippen LogP contribution in [0.1, 0.15) is 20.3 Å². The quantitative estimate of drug-likeness (QED) is 0.444. The van der Waals surface area contributed by atoms with Crippen molar-refractivity contribution in [1.29, 1.82) is 0 Å². The third kappa shape index (κ3) is 2.59. The van der Waals surface area contributed by atoms with Gasteiger partial charge in [0.25, 0.3) is 0 Å². The van der Waals surface area contributed by atoms with E-state index in [1.54, 1.807) is 0 Å². The summed E-state index contributed by atoms with van der Waals surface area (Å²) in [6, 6.07) is 0. The molecule has 0 N–H and O–H groups in total. The Morgan fingerprint density at radius 2 is 2.22 bits per heavy atom. The van der Waals surface area contributed by atoms with Crippen molar-refractivity contribution in [2.75, 3.05) is 11.5 Å². The molecule has 0 spiro atoms. The number of rotatable bonds is 4. The maximum Gasteiger partial charge on any atom is 0.0929 e. The summed E-state index contributed by atoms with van der Waals surface area (Å²) in [5.74, 6) is 2.49. The van der Waals surface area contributed by atoms with Crippen LogP contribution >= 0.6 is 11.8 Å². The Labute approximate surface area is 61.2 Å². The molecule has 1 rings (SSSR count). The van der Waals surface area contributed by atoms with E-state index in [1.165, 1.54) is 17.9 Å². The zero-order valence-corrected chi connectivity index (χ0v) is 6.91. The van der Waals surface area contributed by atoms with Crippen LogP contribution < -0.4 is 0 Å². The van der Waals surface area contributed by atoms with Crippen LogP contribution in [0.2, 0.25) is 0 Å². The molecule has 54 valence electrons. The minimum atomic E-state index is 0.550. The van der Waals surface area contributed by atoms with Gasteiger partial charge in [-0.1, -0.05) is 6.92 Å². The maximum atomic E-state index is 5.24. The zero-order chi connectivity index (χ0) is 6.69. The van der Waals surface area contributed by atoms with Gasteiger partial charge >= 0.3 is 0 Å². The number of epoxide rings is 1. The second-order valence-corrected chi connectivity index (χ2v) is 3.60. The average molecular weight is 146 g/mol. The molecule has 1 saturated heterocycles. The third-order valence-corrected chi connectivity index (χ3v) is 2.73. The minimum absolute atomic E-state index is 0.550. The summed E-state index contributed by atoms with van der Waals surface area (Å²) < 4.78 is 5.24. The fourth-order valence-electron chi connectivity index (χ4n) is 0.749. The molecule has 1 heterocycles. The summed E-state index contributed by atoms with van der Waals surface area (Å²) in [5, 5.41) is 0. The summed E-state index contributed by atoms with van der Waals surface area (Å²) in [6.45, 7) is 4.35. The van der Waals surface area contributed by atoms with Crippen LogP contribution in [0.4, 0.5) is 0 Å². The van der Waals surface area contributed by atoms with Crippen LogP contribution in [0.5, 0.6) is 0 Å². The summed E-state index contributed by atoms with van der Waals surface area (Å²) in [4.78, 5) is 0. The van der Waals surface area contributed by atoms with E-state index in [-0.39, 0.29) is 0 Å². The van der Waals surface area contributed by atoms with Gasteiger partial charge in [0, 0.05) is 5.75 Å². The lowest BCUT2D eigenvalue weighted by Gasteiger charge is -1.92. The molecule has 0 aromatic rings. The molecule has 1 aliphatic rings. The van der Waals surface area contributed by atoms with Gasteiger partial charge in [0.15, 0.2) is 0 Å². The van der Waals surface area contributed by atoms with Crippen LogP contribution in [0.3, 0.4) is 0 Å². The van der Waals surface area contributed by atoms with E-state index in [0.717, 1.165) is 0 Å². The summed E-state index contributed by atoms with van der Waals surface area (Å²) in [7, 11) is 0. The Hall–Kier alpha value is 0.310. The van der Waals surface area contributed by atoms with Crippen LogP contribution in [-0.2, 0) is 4.74 Å². The van der Waals surface area contributed by atoms with Crippen molar-refractivity contribution in [1.82, 2.24) is 0 Å². The van der Waals surface area contributed by atoms with Gasteiger partial charge in [-0.2, -0.15) is 11.8 Å². The normalized spacial score (nSPS) is 32.7. The molecule has 2 atom stereocenters. The molecule has 0 aromatic heterocycles. The van der Waals surface area contributed by atoms with Gasteiger partial charge in [0.1, 0.15) is 0 Å². The Kier molecular flexibility index (Phi) is 2.86. The highest BCUT2D eigenvalue weighted by atomic mass is 32.2. The van der Waals surface area contributed by atoms with Crippen LogP contribution in [-0.4, -0.2) is 23.7 Å². The van der Waals surface area contributed by atoms with Crippen molar-refractivity contribution < 1.29 is 4.74 Å². The number of hydrogen-bond donors (Lipinski definition) is 0. The first-order valence-corrected chi connectivity index (χ1v) is 4.73. The molecule has 2 heteroatoms. The van der Waals surface area contributed by atoms with Gasteiger partial charge in [0.05, 0.1) is 12.2 Å². The highest BCUT2D eigenvalue weighted by Gasteiger charge is 2.33. The van der Waals surface area contributed by atoms with E-state index in [0.29, 0.717) is 12.2 Å². The minimum Gasteiger partial charge on any atom is -0.369 e. The second-order valence-electron chi connectivity index (χ2n) is 2.45. The second kappa shape index (κ2) is 3.47. The standard InChI is InChI=1S/C7H14OS/c1-3-4-9-5-7-6(2)8-7/h6-7H,3-5H2,1-2H3. The molecular formula is C7H14OS. The van der Waals surface area contributed by atoms with Gasteiger partial charge in [-0.3, -0.25) is 0 Å². The Morgan fingerprint density at radius 3 is 2.67 bits per heavy atom. The lowest BCUT2D eigenvalue weighted by molar-refractivity contribution is 0.390. The fourth-order valence-corrected chi connectivity index (χ4v) is 1.79. The van der Waals surface area contributed by atoms with Crippen LogP contribution in [0.25, 0.3) is 0 Å². The highest BCUT2D eigenvalue weighted by molar-refractivity contribution is 7.99. The zero-order valence-electron chi connectivity index (χ0n) is 6.09. The molecule has 0 bridgehead atoms. The maximum absolute atomic E-state index is 5.24. The average Bonchev–Trinajstić information content (AvgIpc) is 2.48. The molecule has 0 radical (unpaired) electrons. The summed E-state index contributed by atoms with van der Waals surface area (Å²) in [5.41, 5.74) is 0. The monoisotopic (exact) mass is 146 g/mol.